The molecule has 1 rings (SSSR count). The molecule has 0 fully saturated rings. The molecule has 0 radical (unpaired) electrons. The molecule has 2 nitrogen and oxygen atoms in total. The van der Waals surface area contributed by atoms with Crippen molar-refractivity contribution in [2.45, 2.75) is 38.9 Å². The minimum atomic E-state index is -0.525. The number of benzene rings is 1. The van der Waals surface area contributed by atoms with E-state index in [1.54, 1.807) is 0 Å². The molecule has 0 aliphatic heterocycles. The Labute approximate surface area is 104 Å². The fourth-order valence-corrected chi connectivity index (χ4v) is 1.68. The summed E-state index contributed by atoms with van der Waals surface area (Å²) in [5, 5.41) is 19.7. The van der Waals surface area contributed by atoms with Gasteiger partial charge in [-0.3, -0.25) is 0 Å². The zero-order valence-corrected chi connectivity index (χ0v) is 10.6. The lowest BCUT2D eigenvalue weighted by atomic mass is 9.95. The van der Waals surface area contributed by atoms with Gasteiger partial charge in [-0.1, -0.05) is 56.3 Å². The molecule has 2 atom stereocenters. The van der Waals surface area contributed by atoms with Gasteiger partial charge in [0.05, 0.1) is 12.2 Å². The van der Waals surface area contributed by atoms with Gasteiger partial charge in [-0.05, 0) is 24.3 Å². The summed E-state index contributed by atoms with van der Waals surface area (Å²) in [6, 6.07) is 9.54. The first-order valence-electron chi connectivity index (χ1n) is 6.08. The third-order valence-corrected chi connectivity index (χ3v) is 2.93. The molecule has 17 heavy (non-hydrogen) atoms. The minimum Gasteiger partial charge on any atom is -0.393 e. The van der Waals surface area contributed by atoms with Gasteiger partial charge in [0.2, 0.25) is 0 Å². The summed E-state index contributed by atoms with van der Waals surface area (Å²) >= 11 is 0. The van der Waals surface area contributed by atoms with E-state index in [2.05, 4.69) is 6.58 Å². The van der Waals surface area contributed by atoms with Gasteiger partial charge < -0.3 is 10.2 Å². The van der Waals surface area contributed by atoms with Gasteiger partial charge in [-0.2, -0.15) is 0 Å². The zero-order valence-electron chi connectivity index (χ0n) is 10.6. The maximum atomic E-state index is 10.00. The van der Waals surface area contributed by atoms with Crippen molar-refractivity contribution in [3.63, 3.8) is 0 Å². The lowest BCUT2D eigenvalue weighted by Gasteiger charge is -2.18. The number of rotatable bonds is 6. The molecule has 2 N–H and O–H groups in total. The van der Waals surface area contributed by atoms with Crippen LogP contribution in [-0.4, -0.2) is 16.3 Å². The monoisotopic (exact) mass is 234 g/mol. The van der Waals surface area contributed by atoms with Gasteiger partial charge in [0.15, 0.2) is 0 Å². The maximum Gasteiger partial charge on any atom is 0.0827 e. The molecule has 0 unspecified atom stereocenters. The molecule has 0 aliphatic rings. The van der Waals surface area contributed by atoms with Gasteiger partial charge >= 0.3 is 0 Å². The van der Waals surface area contributed by atoms with E-state index < -0.39 is 6.10 Å². The molecule has 0 aromatic heterocycles. The predicted octanol–water partition coefficient (Wildman–Crippen LogP) is 3.07. The SMILES string of the molecule is C=C(C[C@@H](O)c1ccccc1)C[C@@H](O)C(C)C. The van der Waals surface area contributed by atoms with E-state index >= 15 is 0 Å². The minimum absolute atomic E-state index is 0.223. The molecule has 0 bridgehead atoms. The van der Waals surface area contributed by atoms with Crippen molar-refractivity contribution in [2.24, 2.45) is 5.92 Å². The van der Waals surface area contributed by atoms with Crippen molar-refractivity contribution in [3.05, 3.63) is 48.0 Å². The van der Waals surface area contributed by atoms with Crippen LogP contribution < -0.4 is 0 Å². The van der Waals surface area contributed by atoms with E-state index in [0.29, 0.717) is 12.8 Å². The Bertz CT molecular complexity index is 343. The summed E-state index contributed by atoms with van der Waals surface area (Å²) in [5.74, 6) is 0.223. The second-order valence-corrected chi connectivity index (χ2v) is 4.90. The lowest BCUT2D eigenvalue weighted by molar-refractivity contribution is 0.119. The quantitative estimate of drug-likeness (QED) is 0.743. The van der Waals surface area contributed by atoms with Crippen LogP contribution in [0.25, 0.3) is 0 Å². The normalized spacial score (nSPS) is 14.6. The van der Waals surface area contributed by atoms with Gasteiger partial charge in [0.25, 0.3) is 0 Å². The van der Waals surface area contributed by atoms with Crippen molar-refractivity contribution in [3.8, 4) is 0 Å². The molecule has 0 saturated heterocycles. The van der Waals surface area contributed by atoms with Crippen LogP contribution in [0.1, 0.15) is 38.4 Å². The molecular weight excluding hydrogens is 212 g/mol. The van der Waals surface area contributed by atoms with E-state index in [-0.39, 0.29) is 12.0 Å². The zero-order chi connectivity index (χ0) is 12.8. The van der Waals surface area contributed by atoms with Gasteiger partial charge in [0.1, 0.15) is 0 Å². The van der Waals surface area contributed by atoms with E-state index in [1.165, 1.54) is 0 Å². The summed E-state index contributed by atoms with van der Waals surface area (Å²) < 4.78 is 0. The molecule has 0 aliphatic carbocycles. The second-order valence-electron chi connectivity index (χ2n) is 4.90. The molecule has 0 heterocycles. The molecule has 94 valence electrons. The number of hydrogen-bond donors (Lipinski definition) is 2. The van der Waals surface area contributed by atoms with Crippen LogP contribution >= 0.6 is 0 Å². The Balaban J connectivity index is 2.47. The summed E-state index contributed by atoms with van der Waals surface area (Å²) in [6.07, 6.45) is 0.170. The molecule has 2 heteroatoms. The Morgan fingerprint density at radius 3 is 2.24 bits per heavy atom. The van der Waals surface area contributed by atoms with Crippen LogP contribution in [0, 0.1) is 5.92 Å². The fraction of sp³-hybridized carbons (Fsp3) is 0.467. The van der Waals surface area contributed by atoms with Crippen molar-refractivity contribution in [1.29, 1.82) is 0 Å². The van der Waals surface area contributed by atoms with Crippen molar-refractivity contribution < 1.29 is 10.2 Å². The smallest absolute Gasteiger partial charge is 0.0827 e. The lowest BCUT2D eigenvalue weighted by Crippen LogP contribution is -2.15. The number of hydrogen-bond acceptors (Lipinski definition) is 2. The first-order valence-corrected chi connectivity index (χ1v) is 6.08. The first-order chi connectivity index (χ1) is 8.00. The largest absolute Gasteiger partial charge is 0.393 e. The van der Waals surface area contributed by atoms with Gasteiger partial charge in [-0.25, -0.2) is 0 Å². The highest BCUT2D eigenvalue weighted by atomic mass is 16.3. The summed E-state index contributed by atoms with van der Waals surface area (Å²) in [6.45, 7) is 7.88. The second kappa shape index (κ2) is 6.58. The van der Waals surface area contributed by atoms with E-state index in [0.717, 1.165) is 11.1 Å². The molecule has 0 amide bonds. The van der Waals surface area contributed by atoms with E-state index in [1.807, 2.05) is 44.2 Å². The third kappa shape index (κ3) is 4.72. The first kappa shape index (κ1) is 13.9. The van der Waals surface area contributed by atoms with Crippen LogP contribution in [0.5, 0.6) is 0 Å². The van der Waals surface area contributed by atoms with Crippen LogP contribution in [0.15, 0.2) is 42.5 Å². The average Bonchev–Trinajstić information content (AvgIpc) is 2.29. The topological polar surface area (TPSA) is 40.5 Å². The summed E-state index contributed by atoms with van der Waals surface area (Å²) in [4.78, 5) is 0. The van der Waals surface area contributed by atoms with Gasteiger partial charge in [-0.15, -0.1) is 0 Å². The summed E-state index contributed by atoms with van der Waals surface area (Å²) in [5.41, 5.74) is 1.79. The van der Waals surface area contributed by atoms with Crippen LogP contribution in [0.2, 0.25) is 0 Å². The molecular formula is C15H22O2. The Morgan fingerprint density at radius 1 is 1.12 bits per heavy atom. The third-order valence-electron chi connectivity index (χ3n) is 2.93. The predicted molar refractivity (Wildman–Crippen MR) is 70.6 cm³/mol. The van der Waals surface area contributed by atoms with Gasteiger partial charge in [0, 0.05) is 0 Å². The van der Waals surface area contributed by atoms with E-state index in [9.17, 15) is 10.2 Å². The maximum absolute atomic E-state index is 10.00. The van der Waals surface area contributed by atoms with Crippen LogP contribution in [0.4, 0.5) is 0 Å². The fourth-order valence-electron chi connectivity index (χ4n) is 1.68. The summed E-state index contributed by atoms with van der Waals surface area (Å²) in [7, 11) is 0. The average molecular weight is 234 g/mol. The Morgan fingerprint density at radius 2 is 1.71 bits per heavy atom. The number of aliphatic hydroxyl groups is 2. The Kier molecular flexibility index (Phi) is 5.39. The Hall–Kier alpha value is -1.12. The van der Waals surface area contributed by atoms with Crippen molar-refractivity contribution in [1.82, 2.24) is 0 Å². The molecule has 0 spiro atoms. The molecule has 0 saturated carbocycles. The molecule has 1 aromatic carbocycles. The van der Waals surface area contributed by atoms with Crippen molar-refractivity contribution in [2.75, 3.05) is 0 Å². The van der Waals surface area contributed by atoms with Crippen LogP contribution in [0.3, 0.4) is 0 Å². The number of aliphatic hydroxyl groups excluding tert-OH is 2. The highest BCUT2D eigenvalue weighted by molar-refractivity contribution is 5.19. The van der Waals surface area contributed by atoms with E-state index in [4.69, 9.17) is 0 Å². The highest BCUT2D eigenvalue weighted by Crippen LogP contribution is 2.23. The van der Waals surface area contributed by atoms with Crippen LogP contribution in [-0.2, 0) is 0 Å². The molecule has 1 aromatic rings. The highest BCUT2D eigenvalue weighted by Gasteiger charge is 2.14. The standard InChI is InChI=1S/C15H22O2/c1-11(2)14(16)9-12(3)10-15(17)13-7-5-4-6-8-13/h4-8,11,14-17H,3,9-10H2,1-2H3/t14-,15-/m1/s1. The van der Waals surface area contributed by atoms with Crippen molar-refractivity contribution >= 4 is 0 Å².